The van der Waals surface area contributed by atoms with Gasteiger partial charge in [-0.05, 0) is 34.5 Å². The van der Waals surface area contributed by atoms with Gasteiger partial charge in [-0.25, -0.2) is 9.59 Å². The average Bonchev–Trinajstić information content (AvgIpc) is 3.26. The highest BCUT2D eigenvalue weighted by Gasteiger charge is 2.41. The molecule has 2 aliphatic heterocycles. The fraction of sp³-hybridized carbons (Fsp3) is 0.500. The first kappa shape index (κ1) is 31.3. The lowest BCUT2D eigenvalue weighted by Gasteiger charge is -2.43. The van der Waals surface area contributed by atoms with Crippen molar-refractivity contribution in [1.82, 2.24) is 9.88 Å². The minimum absolute atomic E-state index is 0.263. The van der Waals surface area contributed by atoms with E-state index >= 15 is 0 Å². The highest BCUT2D eigenvalue weighted by molar-refractivity contribution is 7.07. The molecule has 1 spiro atoms. The summed E-state index contributed by atoms with van der Waals surface area (Å²) >= 11 is 1.76. The minimum atomic E-state index is -5.08. The molecule has 4 rings (SSSR count). The molecular weight excluding hydrogens is 548 g/mol. The van der Waals surface area contributed by atoms with Gasteiger partial charge in [-0.3, -0.25) is 9.88 Å². The molecule has 2 N–H and O–H groups in total. The number of ether oxygens (including phenoxy) is 2. The quantitative estimate of drug-likeness (QED) is 0.533. The van der Waals surface area contributed by atoms with Crippen molar-refractivity contribution in [3.8, 4) is 0 Å². The lowest BCUT2D eigenvalue weighted by atomic mass is 10.0. The summed E-state index contributed by atoms with van der Waals surface area (Å²) in [6, 6.07) is 6.30. The van der Waals surface area contributed by atoms with Gasteiger partial charge in [0.1, 0.15) is 5.60 Å². The number of carbonyl (C=O) groups is 2. The lowest BCUT2D eigenvalue weighted by Crippen LogP contribution is -2.58. The fourth-order valence-electron chi connectivity index (χ4n) is 3.55. The summed E-state index contributed by atoms with van der Waals surface area (Å²) in [6.45, 7) is 6.73. The van der Waals surface area contributed by atoms with Gasteiger partial charge in [-0.15, -0.1) is 0 Å². The summed E-state index contributed by atoms with van der Waals surface area (Å²) in [4.78, 5) is 26.9. The summed E-state index contributed by atoms with van der Waals surface area (Å²) in [5.41, 5.74) is 2.26. The minimum Gasteiger partial charge on any atom is -0.475 e. The molecule has 212 valence electrons. The molecule has 0 radical (unpaired) electrons. The van der Waals surface area contributed by atoms with E-state index in [1.54, 1.807) is 11.3 Å². The Morgan fingerprint density at radius 2 is 1.68 bits per heavy atom. The number of carboxylic acid groups (broad SMARTS) is 2. The Hall–Kier alpha value is -2.95. The van der Waals surface area contributed by atoms with Crippen LogP contribution in [0.3, 0.4) is 0 Å². The van der Waals surface area contributed by atoms with Crippen molar-refractivity contribution >= 4 is 29.0 Å². The Kier molecular flexibility index (Phi) is 11.3. The standard InChI is InChI=1S/C18H23N3O2S.2C2HF3O2/c1-2-17(10-19-4-1)21-6-7-22-15-18(14-21)13-20(5-8-23-18)11-16-3-9-24-12-16;2*3-2(4,5)1(6)7/h1-4,9-10,12H,5-8,11,13-15H2;2*(H,6,7). The largest absolute Gasteiger partial charge is 0.490 e. The molecule has 2 fully saturated rings. The molecule has 2 aromatic rings. The molecule has 4 heterocycles. The van der Waals surface area contributed by atoms with Crippen LogP contribution in [0.5, 0.6) is 0 Å². The molecule has 2 aromatic heterocycles. The van der Waals surface area contributed by atoms with Crippen LogP contribution in [0.25, 0.3) is 0 Å². The lowest BCUT2D eigenvalue weighted by molar-refractivity contribution is -0.193. The molecule has 0 saturated carbocycles. The molecule has 2 aliphatic rings. The molecule has 16 heteroatoms. The van der Waals surface area contributed by atoms with E-state index < -0.39 is 24.3 Å². The van der Waals surface area contributed by atoms with E-state index in [1.807, 2.05) is 18.5 Å². The molecule has 9 nitrogen and oxygen atoms in total. The maximum Gasteiger partial charge on any atom is 0.490 e. The molecule has 1 atom stereocenters. The predicted octanol–water partition coefficient (Wildman–Crippen LogP) is 3.52. The number of thiophene rings is 1. The monoisotopic (exact) mass is 573 g/mol. The number of halogens is 6. The maximum absolute atomic E-state index is 10.6. The molecule has 0 amide bonds. The second-order valence-corrected chi connectivity index (χ2v) is 8.94. The highest BCUT2D eigenvalue weighted by Crippen LogP contribution is 2.26. The van der Waals surface area contributed by atoms with Crippen LogP contribution in [0.15, 0.2) is 41.4 Å². The highest BCUT2D eigenvalue weighted by atomic mass is 32.1. The van der Waals surface area contributed by atoms with Gasteiger partial charge in [0.2, 0.25) is 0 Å². The van der Waals surface area contributed by atoms with Gasteiger partial charge in [0.15, 0.2) is 0 Å². The maximum atomic E-state index is 10.6. The zero-order valence-corrected chi connectivity index (χ0v) is 20.6. The van der Waals surface area contributed by atoms with E-state index in [2.05, 4.69) is 37.7 Å². The summed E-state index contributed by atoms with van der Waals surface area (Å²) in [5.74, 6) is -5.51. The van der Waals surface area contributed by atoms with Crippen LogP contribution in [0.1, 0.15) is 5.56 Å². The van der Waals surface area contributed by atoms with E-state index in [0.717, 1.165) is 51.6 Å². The Bertz CT molecular complexity index is 985. The van der Waals surface area contributed by atoms with E-state index in [0.29, 0.717) is 6.61 Å². The van der Waals surface area contributed by atoms with Crippen LogP contribution in [0, 0.1) is 0 Å². The van der Waals surface area contributed by atoms with Crippen molar-refractivity contribution in [1.29, 1.82) is 0 Å². The topological polar surface area (TPSA) is 112 Å². The summed E-state index contributed by atoms with van der Waals surface area (Å²) in [7, 11) is 0. The summed E-state index contributed by atoms with van der Waals surface area (Å²) < 4.78 is 75.6. The normalized spacial score (nSPS) is 20.4. The number of aliphatic carboxylic acids is 2. The number of hydrogen-bond acceptors (Lipinski definition) is 8. The van der Waals surface area contributed by atoms with Crippen LogP contribution in [-0.2, 0) is 25.6 Å². The molecule has 1 unspecified atom stereocenters. The van der Waals surface area contributed by atoms with Gasteiger partial charge in [-0.2, -0.15) is 37.7 Å². The van der Waals surface area contributed by atoms with Crippen molar-refractivity contribution in [2.24, 2.45) is 0 Å². The molecule has 2 saturated heterocycles. The number of aromatic nitrogens is 1. The SMILES string of the molecule is O=C(O)C(F)(F)F.O=C(O)C(F)(F)F.c1cncc(N2CCOCC3(CN(Cc4ccsc4)CCO3)C2)c1. The zero-order valence-electron chi connectivity index (χ0n) is 19.7. The fourth-order valence-corrected chi connectivity index (χ4v) is 4.21. The van der Waals surface area contributed by atoms with Gasteiger partial charge < -0.3 is 24.6 Å². The second-order valence-electron chi connectivity index (χ2n) is 8.16. The van der Waals surface area contributed by atoms with Crippen LogP contribution >= 0.6 is 11.3 Å². The number of anilines is 1. The van der Waals surface area contributed by atoms with Crippen molar-refractivity contribution in [2.75, 3.05) is 50.9 Å². The first-order chi connectivity index (χ1) is 17.7. The van der Waals surface area contributed by atoms with Crippen LogP contribution < -0.4 is 4.90 Å². The van der Waals surface area contributed by atoms with Crippen LogP contribution in [0.4, 0.5) is 32.0 Å². The van der Waals surface area contributed by atoms with Gasteiger partial charge in [0, 0.05) is 32.4 Å². The first-order valence-corrected chi connectivity index (χ1v) is 11.9. The van der Waals surface area contributed by atoms with Crippen LogP contribution in [0.2, 0.25) is 0 Å². The predicted molar refractivity (Wildman–Crippen MR) is 123 cm³/mol. The number of hydrogen-bond donors (Lipinski definition) is 2. The smallest absolute Gasteiger partial charge is 0.475 e. The van der Waals surface area contributed by atoms with Crippen molar-refractivity contribution in [2.45, 2.75) is 24.5 Å². The Morgan fingerprint density at radius 3 is 2.21 bits per heavy atom. The third-order valence-corrected chi connectivity index (χ3v) is 5.89. The number of carboxylic acids is 2. The van der Waals surface area contributed by atoms with E-state index in [-0.39, 0.29) is 5.60 Å². The number of pyridine rings is 1. The molecule has 0 aliphatic carbocycles. The molecule has 0 aromatic carbocycles. The number of alkyl halides is 6. The Labute approximate surface area is 217 Å². The van der Waals surface area contributed by atoms with Crippen molar-refractivity contribution in [3.63, 3.8) is 0 Å². The van der Waals surface area contributed by atoms with Gasteiger partial charge >= 0.3 is 24.3 Å². The zero-order chi connectivity index (χ0) is 28.4. The van der Waals surface area contributed by atoms with Crippen molar-refractivity contribution in [3.05, 3.63) is 46.9 Å². The molecule has 0 bridgehead atoms. The number of rotatable bonds is 3. The third kappa shape index (κ3) is 10.4. The third-order valence-electron chi connectivity index (χ3n) is 5.16. The Morgan fingerprint density at radius 1 is 1.03 bits per heavy atom. The summed E-state index contributed by atoms with van der Waals surface area (Å²) in [6.07, 6.45) is -6.43. The van der Waals surface area contributed by atoms with Crippen LogP contribution in [-0.4, -0.2) is 96.0 Å². The van der Waals surface area contributed by atoms with E-state index in [1.165, 1.54) is 5.56 Å². The second kappa shape index (κ2) is 13.7. The number of morpholine rings is 1. The van der Waals surface area contributed by atoms with Gasteiger partial charge in [0.05, 0.1) is 38.2 Å². The first-order valence-electron chi connectivity index (χ1n) is 10.9. The Balaban J connectivity index is 0.000000301. The van der Waals surface area contributed by atoms with E-state index in [4.69, 9.17) is 29.3 Å². The number of nitrogens with zero attached hydrogens (tertiary/aromatic N) is 3. The van der Waals surface area contributed by atoms with Gasteiger partial charge in [-0.1, -0.05) is 0 Å². The molecular formula is C22H25F6N3O6S. The van der Waals surface area contributed by atoms with Gasteiger partial charge in [0.25, 0.3) is 0 Å². The summed E-state index contributed by atoms with van der Waals surface area (Å²) in [5, 5.41) is 18.6. The average molecular weight is 574 g/mol. The molecule has 38 heavy (non-hydrogen) atoms. The van der Waals surface area contributed by atoms with E-state index in [9.17, 15) is 26.3 Å². The van der Waals surface area contributed by atoms with Crippen molar-refractivity contribution < 1.29 is 55.6 Å².